The van der Waals surface area contributed by atoms with E-state index in [0.29, 0.717) is 32.8 Å². The number of aromatic nitrogens is 2. The molecule has 0 N–H and O–H groups in total. The maximum absolute atomic E-state index is 13.6. The predicted molar refractivity (Wildman–Crippen MR) is 143 cm³/mol. The van der Waals surface area contributed by atoms with Crippen LogP contribution in [-0.4, -0.2) is 57.2 Å². The number of likely N-dealkylation sites (N-methyl/N-ethyl adjacent to an activating group) is 1. The Morgan fingerprint density at radius 1 is 1.03 bits per heavy atom. The lowest BCUT2D eigenvalue weighted by molar-refractivity contribution is -0.121. The van der Waals surface area contributed by atoms with Crippen molar-refractivity contribution in [2.45, 2.75) is 13.8 Å². The average molecular weight is 492 g/mol. The number of hydrogen-bond acceptors (Lipinski definition) is 7. The minimum absolute atomic E-state index is 0.161. The van der Waals surface area contributed by atoms with Crippen molar-refractivity contribution in [2.75, 3.05) is 42.5 Å². The molecule has 3 aromatic rings. The second kappa shape index (κ2) is 9.23. The van der Waals surface area contributed by atoms with Crippen molar-refractivity contribution < 1.29 is 4.79 Å². The Hall–Kier alpha value is -3.17. The van der Waals surface area contributed by atoms with Crippen molar-refractivity contribution in [3.8, 4) is 0 Å². The van der Waals surface area contributed by atoms with Gasteiger partial charge in [-0.05, 0) is 43.7 Å². The second-order valence-corrected chi connectivity index (χ2v) is 9.95. The summed E-state index contributed by atoms with van der Waals surface area (Å²) in [6, 6.07) is 14.1. The molecule has 0 saturated carbocycles. The number of rotatable bonds is 4. The highest BCUT2D eigenvalue weighted by atomic mass is 32.2. The first-order valence-electron chi connectivity index (χ1n) is 11.3. The molecule has 2 aliphatic heterocycles. The van der Waals surface area contributed by atoms with E-state index in [1.807, 2.05) is 44.2 Å². The molecule has 2 aliphatic rings. The second-order valence-electron chi connectivity index (χ2n) is 8.27. The summed E-state index contributed by atoms with van der Waals surface area (Å²) in [4.78, 5) is 37.9. The molecule has 0 spiro atoms. The number of benzene rings is 1. The number of carbonyl (C=O) groups excluding carboxylic acids is 1. The SMILES string of the molecule is CCN1C(=O)/C(=C/c2c(N3CCN(c4ccccc4)CC3)nc3c(C)cccn3c2=O)SC1=S. The number of amides is 1. The zero-order valence-electron chi connectivity index (χ0n) is 19.1. The molecule has 9 heteroatoms. The van der Waals surface area contributed by atoms with Crippen molar-refractivity contribution in [1.82, 2.24) is 14.3 Å². The van der Waals surface area contributed by atoms with Crippen LogP contribution in [-0.2, 0) is 4.79 Å². The molecule has 0 aliphatic carbocycles. The van der Waals surface area contributed by atoms with Crippen LogP contribution in [0.15, 0.2) is 58.4 Å². The van der Waals surface area contributed by atoms with E-state index in [2.05, 4.69) is 21.9 Å². The highest BCUT2D eigenvalue weighted by molar-refractivity contribution is 8.26. The number of thioether (sulfide) groups is 1. The first kappa shape index (κ1) is 22.6. The van der Waals surface area contributed by atoms with E-state index in [1.54, 1.807) is 21.6 Å². The quantitative estimate of drug-likeness (QED) is 0.409. The molecular formula is C25H25N5O2S2. The third-order valence-corrected chi connectivity index (χ3v) is 7.61. The van der Waals surface area contributed by atoms with Gasteiger partial charge in [0.05, 0.1) is 10.5 Å². The third-order valence-electron chi connectivity index (χ3n) is 6.23. The number of hydrogen-bond donors (Lipinski definition) is 0. The van der Waals surface area contributed by atoms with Gasteiger partial charge in [0.2, 0.25) is 0 Å². The number of thiocarbonyl (C=S) groups is 1. The number of nitrogens with zero attached hydrogens (tertiary/aromatic N) is 5. The summed E-state index contributed by atoms with van der Waals surface area (Å²) in [7, 11) is 0. The standard InChI is InChI=1S/C25H25N5O2S2/c1-3-29-24(32)20(34-25(29)33)16-19-22(26-21-17(2)8-7-11-30(21)23(19)31)28-14-12-27(13-15-28)18-9-5-4-6-10-18/h4-11,16H,3,12-15H2,1-2H3/b20-16-. The molecular weight excluding hydrogens is 466 g/mol. The minimum Gasteiger partial charge on any atom is -0.368 e. The van der Waals surface area contributed by atoms with Crippen LogP contribution in [0.2, 0.25) is 0 Å². The number of aryl methyl sites for hydroxylation is 1. The van der Waals surface area contributed by atoms with E-state index in [9.17, 15) is 9.59 Å². The zero-order chi connectivity index (χ0) is 23.8. The van der Waals surface area contributed by atoms with Crippen LogP contribution in [0, 0.1) is 6.92 Å². The fourth-order valence-corrected chi connectivity index (χ4v) is 5.75. The first-order valence-corrected chi connectivity index (χ1v) is 12.5. The third kappa shape index (κ3) is 3.99. The molecule has 0 atom stereocenters. The summed E-state index contributed by atoms with van der Waals surface area (Å²) >= 11 is 6.60. The number of fused-ring (bicyclic) bond motifs is 1. The Balaban J connectivity index is 1.57. The van der Waals surface area contributed by atoms with Gasteiger partial charge in [0.1, 0.15) is 15.8 Å². The van der Waals surface area contributed by atoms with Crippen molar-refractivity contribution in [1.29, 1.82) is 0 Å². The summed E-state index contributed by atoms with van der Waals surface area (Å²) in [5, 5.41) is 0. The predicted octanol–water partition coefficient (Wildman–Crippen LogP) is 3.55. The molecule has 4 heterocycles. The minimum atomic E-state index is -0.184. The van der Waals surface area contributed by atoms with Gasteiger partial charge in [-0.3, -0.25) is 18.9 Å². The molecule has 7 nitrogen and oxygen atoms in total. The van der Waals surface area contributed by atoms with E-state index in [0.717, 1.165) is 31.7 Å². The Labute approximate surface area is 207 Å². The highest BCUT2D eigenvalue weighted by Crippen LogP contribution is 2.33. The van der Waals surface area contributed by atoms with Crippen molar-refractivity contribution >= 4 is 57.4 Å². The topological polar surface area (TPSA) is 61.2 Å². The van der Waals surface area contributed by atoms with Gasteiger partial charge in [-0.1, -0.05) is 48.2 Å². The van der Waals surface area contributed by atoms with E-state index in [4.69, 9.17) is 17.2 Å². The monoisotopic (exact) mass is 491 g/mol. The fourth-order valence-electron chi connectivity index (χ4n) is 4.39. The molecule has 34 heavy (non-hydrogen) atoms. The molecule has 0 radical (unpaired) electrons. The molecule has 174 valence electrons. The summed E-state index contributed by atoms with van der Waals surface area (Å²) in [5.41, 5.74) is 2.98. The maximum atomic E-state index is 13.6. The normalized spacial score (nSPS) is 17.9. The molecule has 0 bridgehead atoms. The maximum Gasteiger partial charge on any atom is 0.267 e. The highest BCUT2D eigenvalue weighted by Gasteiger charge is 2.32. The molecule has 1 amide bonds. The largest absolute Gasteiger partial charge is 0.368 e. The smallest absolute Gasteiger partial charge is 0.267 e. The lowest BCUT2D eigenvalue weighted by Gasteiger charge is -2.37. The number of anilines is 2. The molecule has 5 rings (SSSR count). The number of piperazine rings is 1. The Morgan fingerprint density at radius 2 is 1.74 bits per heavy atom. The molecule has 2 aromatic heterocycles. The number of carbonyl (C=O) groups is 1. The van der Waals surface area contributed by atoms with Gasteiger partial charge in [-0.2, -0.15) is 0 Å². The summed E-state index contributed by atoms with van der Waals surface area (Å²) in [6.07, 6.45) is 3.40. The summed E-state index contributed by atoms with van der Waals surface area (Å²) < 4.78 is 2.08. The van der Waals surface area contributed by atoms with E-state index < -0.39 is 0 Å². The number of pyridine rings is 1. The van der Waals surface area contributed by atoms with E-state index >= 15 is 0 Å². The first-order chi connectivity index (χ1) is 16.5. The van der Waals surface area contributed by atoms with Crippen LogP contribution in [0.4, 0.5) is 11.5 Å². The fraction of sp³-hybridized carbons (Fsp3) is 0.280. The molecule has 1 aromatic carbocycles. The van der Waals surface area contributed by atoms with Crippen molar-refractivity contribution in [3.05, 3.63) is 75.0 Å². The lowest BCUT2D eigenvalue weighted by Crippen LogP contribution is -2.47. The van der Waals surface area contributed by atoms with Crippen LogP contribution >= 0.6 is 24.0 Å². The van der Waals surface area contributed by atoms with Gasteiger partial charge in [0, 0.05) is 44.6 Å². The lowest BCUT2D eigenvalue weighted by atomic mass is 10.2. The summed E-state index contributed by atoms with van der Waals surface area (Å²) in [5.74, 6) is 0.458. The summed E-state index contributed by atoms with van der Waals surface area (Å²) in [6.45, 7) is 7.42. The van der Waals surface area contributed by atoms with Gasteiger partial charge < -0.3 is 9.80 Å². The van der Waals surface area contributed by atoms with Crippen LogP contribution in [0.1, 0.15) is 18.1 Å². The zero-order valence-corrected chi connectivity index (χ0v) is 20.7. The Morgan fingerprint density at radius 3 is 2.41 bits per heavy atom. The average Bonchev–Trinajstić information content (AvgIpc) is 3.13. The van der Waals surface area contributed by atoms with Crippen LogP contribution in [0.25, 0.3) is 11.7 Å². The Kier molecular flexibility index (Phi) is 6.14. The van der Waals surface area contributed by atoms with Crippen LogP contribution in [0.5, 0.6) is 0 Å². The molecule has 2 saturated heterocycles. The van der Waals surface area contributed by atoms with Crippen LogP contribution in [0.3, 0.4) is 0 Å². The van der Waals surface area contributed by atoms with Crippen molar-refractivity contribution in [2.24, 2.45) is 0 Å². The van der Waals surface area contributed by atoms with Gasteiger partial charge in [0.15, 0.2) is 0 Å². The van der Waals surface area contributed by atoms with Gasteiger partial charge in [0.25, 0.3) is 11.5 Å². The van der Waals surface area contributed by atoms with Gasteiger partial charge >= 0.3 is 0 Å². The van der Waals surface area contributed by atoms with Crippen molar-refractivity contribution in [3.63, 3.8) is 0 Å². The molecule has 0 unspecified atom stereocenters. The Bertz CT molecular complexity index is 1360. The van der Waals surface area contributed by atoms with Gasteiger partial charge in [-0.25, -0.2) is 4.98 Å². The van der Waals surface area contributed by atoms with Crippen LogP contribution < -0.4 is 15.4 Å². The number of para-hydroxylation sites is 1. The molecule has 2 fully saturated rings. The van der Waals surface area contributed by atoms with E-state index in [-0.39, 0.29) is 11.5 Å². The van der Waals surface area contributed by atoms with E-state index in [1.165, 1.54) is 17.4 Å². The van der Waals surface area contributed by atoms with Gasteiger partial charge in [-0.15, -0.1) is 0 Å².